The molecule has 5 nitrogen and oxygen atoms in total. The third-order valence-electron chi connectivity index (χ3n) is 4.48. The normalized spacial score (nSPS) is 24.1. The average molecular weight is 261 g/mol. The molecule has 19 heavy (non-hydrogen) atoms. The van der Waals surface area contributed by atoms with Crippen LogP contribution in [-0.2, 0) is 0 Å². The number of hydrogen-bond donors (Lipinski definition) is 3. The zero-order valence-electron chi connectivity index (χ0n) is 12.0. The van der Waals surface area contributed by atoms with Gasteiger partial charge in [0, 0.05) is 18.0 Å². The molecule has 0 radical (unpaired) electrons. The summed E-state index contributed by atoms with van der Waals surface area (Å²) in [6.07, 6.45) is 3.69. The van der Waals surface area contributed by atoms with Crippen molar-refractivity contribution in [3.63, 3.8) is 0 Å². The highest BCUT2D eigenvalue weighted by atomic mass is 15.3. The summed E-state index contributed by atoms with van der Waals surface area (Å²) in [7, 11) is 0. The van der Waals surface area contributed by atoms with Crippen LogP contribution in [0.1, 0.15) is 50.4 Å². The summed E-state index contributed by atoms with van der Waals surface area (Å²) < 4.78 is 0. The number of aromatic nitrogens is 2. The molecule has 0 bridgehead atoms. The smallest absolute Gasteiger partial charge is 0.148 e. The lowest BCUT2D eigenvalue weighted by molar-refractivity contribution is 0.572. The lowest BCUT2D eigenvalue weighted by Crippen LogP contribution is -2.16. The van der Waals surface area contributed by atoms with Gasteiger partial charge in [-0.25, -0.2) is 15.8 Å². The van der Waals surface area contributed by atoms with Crippen molar-refractivity contribution in [1.82, 2.24) is 9.97 Å². The van der Waals surface area contributed by atoms with Gasteiger partial charge in [-0.2, -0.15) is 0 Å². The number of hydrazine groups is 1. The molecule has 5 heteroatoms. The molecule has 2 saturated carbocycles. The van der Waals surface area contributed by atoms with Crippen molar-refractivity contribution in [3.05, 3.63) is 11.4 Å². The van der Waals surface area contributed by atoms with Crippen molar-refractivity contribution in [3.8, 4) is 0 Å². The van der Waals surface area contributed by atoms with Crippen LogP contribution in [0.2, 0.25) is 0 Å². The van der Waals surface area contributed by atoms with Crippen LogP contribution in [0.3, 0.4) is 0 Å². The summed E-state index contributed by atoms with van der Waals surface area (Å²) >= 11 is 0. The van der Waals surface area contributed by atoms with E-state index in [9.17, 15) is 0 Å². The standard InChI is InChI=1S/C14H23N5/c1-8-11(16-7-10-6-14(10,2)3)17-13(9-4-5-9)18-12(8)19-15/h9-10H,4-7,15H2,1-3H3,(H2,16,17,18,19). The monoisotopic (exact) mass is 261 g/mol. The Morgan fingerprint density at radius 1 is 1.26 bits per heavy atom. The molecular weight excluding hydrogens is 238 g/mol. The maximum Gasteiger partial charge on any atom is 0.148 e. The second kappa shape index (κ2) is 4.34. The molecule has 3 rings (SSSR count). The van der Waals surface area contributed by atoms with E-state index in [0.29, 0.717) is 11.3 Å². The summed E-state index contributed by atoms with van der Waals surface area (Å²) in [6.45, 7) is 7.62. The van der Waals surface area contributed by atoms with Gasteiger partial charge in [0.25, 0.3) is 0 Å². The van der Waals surface area contributed by atoms with Crippen molar-refractivity contribution >= 4 is 11.6 Å². The van der Waals surface area contributed by atoms with E-state index in [2.05, 4.69) is 34.6 Å². The Bertz CT molecular complexity index is 493. The van der Waals surface area contributed by atoms with E-state index in [-0.39, 0.29) is 0 Å². The number of nitrogen functional groups attached to an aromatic ring is 1. The quantitative estimate of drug-likeness (QED) is 0.560. The molecule has 104 valence electrons. The minimum atomic E-state index is 0.488. The molecule has 2 aliphatic carbocycles. The van der Waals surface area contributed by atoms with Gasteiger partial charge < -0.3 is 10.7 Å². The van der Waals surface area contributed by atoms with Crippen molar-refractivity contribution in [2.75, 3.05) is 17.3 Å². The van der Waals surface area contributed by atoms with Crippen molar-refractivity contribution in [2.24, 2.45) is 17.2 Å². The zero-order chi connectivity index (χ0) is 13.6. The maximum absolute atomic E-state index is 5.55. The zero-order valence-corrected chi connectivity index (χ0v) is 12.0. The van der Waals surface area contributed by atoms with Crippen molar-refractivity contribution in [1.29, 1.82) is 0 Å². The molecule has 4 N–H and O–H groups in total. The van der Waals surface area contributed by atoms with Gasteiger partial charge in [0.2, 0.25) is 0 Å². The number of hydrogen-bond acceptors (Lipinski definition) is 5. The molecule has 1 heterocycles. The fourth-order valence-electron chi connectivity index (χ4n) is 2.52. The Kier molecular flexibility index (Phi) is 2.89. The fraction of sp³-hybridized carbons (Fsp3) is 0.714. The average Bonchev–Trinajstić information content (AvgIpc) is 3.26. The molecule has 1 aromatic rings. The number of nitrogens with one attached hydrogen (secondary N) is 2. The van der Waals surface area contributed by atoms with E-state index in [0.717, 1.165) is 35.5 Å². The van der Waals surface area contributed by atoms with Gasteiger partial charge in [0.15, 0.2) is 0 Å². The van der Waals surface area contributed by atoms with Crippen LogP contribution < -0.4 is 16.6 Å². The van der Waals surface area contributed by atoms with E-state index >= 15 is 0 Å². The molecular formula is C14H23N5. The Balaban J connectivity index is 1.76. The summed E-state index contributed by atoms with van der Waals surface area (Å²) in [5.41, 5.74) is 4.18. The highest BCUT2D eigenvalue weighted by Crippen LogP contribution is 2.51. The predicted octanol–water partition coefficient (Wildman–Crippen LogP) is 2.41. The van der Waals surface area contributed by atoms with Gasteiger partial charge in [-0.05, 0) is 37.5 Å². The van der Waals surface area contributed by atoms with Crippen LogP contribution in [0.4, 0.5) is 11.6 Å². The Hall–Kier alpha value is -1.36. The third kappa shape index (κ3) is 2.52. The molecule has 0 amide bonds. The highest BCUT2D eigenvalue weighted by molar-refractivity contribution is 5.57. The number of nitrogens with two attached hydrogens (primary N) is 1. The summed E-state index contributed by atoms with van der Waals surface area (Å²) in [4.78, 5) is 9.17. The largest absolute Gasteiger partial charge is 0.369 e. The van der Waals surface area contributed by atoms with Crippen LogP contribution in [0.5, 0.6) is 0 Å². The van der Waals surface area contributed by atoms with Crippen LogP contribution in [0.15, 0.2) is 0 Å². The van der Waals surface area contributed by atoms with E-state index in [1.807, 2.05) is 6.92 Å². The molecule has 0 aliphatic heterocycles. The topological polar surface area (TPSA) is 75.9 Å². The van der Waals surface area contributed by atoms with Gasteiger partial charge in [0.05, 0.1) is 0 Å². The van der Waals surface area contributed by atoms with Crippen LogP contribution in [0, 0.1) is 18.3 Å². The first-order valence-corrected chi connectivity index (χ1v) is 7.10. The first-order valence-electron chi connectivity index (χ1n) is 7.10. The van der Waals surface area contributed by atoms with Gasteiger partial charge in [-0.15, -0.1) is 0 Å². The van der Waals surface area contributed by atoms with E-state index in [1.165, 1.54) is 19.3 Å². The van der Waals surface area contributed by atoms with Crippen molar-refractivity contribution in [2.45, 2.75) is 46.0 Å². The van der Waals surface area contributed by atoms with Gasteiger partial charge in [-0.3, -0.25) is 0 Å². The predicted molar refractivity (Wildman–Crippen MR) is 76.9 cm³/mol. The molecule has 0 aromatic carbocycles. The van der Waals surface area contributed by atoms with Crippen LogP contribution >= 0.6 is 0 Å². The lowest BCUT2D eigenvalue weighted by Gasteiger charge is -2.14. The van der Waals surface area contributed by atoms with E-state index in [1.54, 1.807) is 0 Å². The highest BCUT2D eigenvalue weighted by Gasteiger charge is 2.45. The minimum absolute atomic E-state index is 0.488. The number of anilines is 2. The van der Waals surface area contributed by atoms with Crippen LogP contribution in [0.25, 0.3) is 0 Å². The van der Waals surface area contributed by atoms with E-state index < -0.39 is 0 Å². The summed E-state index contributed by atoms with van der Waals surface area (Å²) in [5, 5.41) is 3.48. The second-order valence-corrected chi connectivity index (χ2v) is 6.59. The first kappa shape index (κ1) is 12.7. The molecule has 0 saturated heterocycles. The van der Waals surface area contributed by atoms with Gasteiger partial charge >= 0.3 is 0 Å². The lowest BCUT2D eigenvalue weighted by atomic mass is 10.1. The molecule has 1 aromatic heterocycles. The Labute approximate surface area is 114 Å². The fourth-order valence-corrected chi connectivity index (χ4v) is 2.52. The second-order valence-electron chi connectivity index (χ2n) is 6.59. The van der Waals surface area contributed by atoms with Gasteiger partial charge in [-0.1, -0.05) is 13.8 Å². The molecule has 1 unspecified atom stereocenters. The Morgan fingerprint density at radius 3 is 2.42 bits per heavy atom. The summed E-state index contributed by atoms with van der Waals surface area (Å²) in [5.74, 6) is 9.45. The molecule has 2 aliphatic rings. The minimum Gasteiger partial charge on any atom is -0.369 e. The van der Waals surface area contributed by atoms with Crippen molar-refractivity contribution < 1.29 is 0 Å². The third-order valence-corrected chi connectivity index (χ3v) is 4.48. The molecule has 0 spiro atoms. The first-order chi connectivity index (χ1) is 9.01. The van der Waals surface area contributed by atoms with E-state index in [4.69, 9.17) is 5.84 Å². The maximum atomic E-state index is 5.55. The number of nitrogens with zero attached hydrogens (tertiary/aromatic N) is 2. The SMILES string of the molecule is Cc1c(NN)nc(C2CC2)nc1NCC1CC1(C)C. The molecule has 2 fully saturated rings. The summed E-state index contributed by atoms with van der Waals surface area (Å²) in [6, 6.07) is 0. The number of rotatable bonds is 5. The Morgan fingerprint density at radius 2 is 1.89 bits per heavy atom. The van der Waals surface area contributed by atoms with Gasteiger partial charge in [0.1, 0.15) is 17.5 Å². The van der Waals surface area contributed by atoms with Crippen LogP contribution in [-0.4, -0.2) is 16.5 Å². The molecule has 1 atom stereocenters.